The number of nitrogens with zero attached hydrogens (tertiary/aromatic N) is 1. The first-order chi connectivity index (χ1) is 9.29. The van der Waals surface area contributed by atoms with E-state index in [1.165, 1.54) is 0 Å². The molecule has 1 amide bonds. The first kappa shape index (κ1) is 15.3. The number of hydrogen-bond donors (Lipinski definition) is 1. The van der Waals surface area contributed by atoms with Crippen LogP contribution in [0.4, 0.5) is 0 Å². The summed E-state index contributed by atoms with van der Waals surface area (Å²) >= 11 is 5.90. The topological polar surface area (TPSA) is 46.3 Å². The fourth-order valence-electron chi connectivity index (χ4n) is 2.11. The second kappa shape index (κ2) is 5.74. The number of benzene rings is 1. The van der Waals surface area contributed by atoms with Crippen molar-refractivity contribution in [3.63, 3.8) is 0 Å². The molecule has 0 heterocycles. The van der Waals surface area contributed by atoms with Crippen LogP contribution in [-0.4, -0.2) is 22.9 Å². The molecular weight excluding hydrogens is 272 g/mol. The Hall–Kier alpha value is -1.06. The van der Waals surface area contributed by atoms with Gasteiger partial charge in [-0.1, -0.05) is 44.5 Å². The van der Waals surface area contributed by atoms with E-state index < -0.39 is 6.04 Å². The summed E-state index contributed by atoms with van der Waals surface area (Å²) in [5.41, 5.74) is 7.00. The third-order valence-corrected chi connectivity index (χ3v) is 3.99. The average Bonchev–Trinajstić information content (AvgIpc) is 3.19. The van der Waals surface area contributed by atoms with Crippen molar-refractivity contribution in [2.75, 3.05) is 0 Å². The van der Waals surface area contributed by atoms with Crippen molar-refractivity contribution in [2.45, 2.75) is 52.2 Å². The molecule has 0 unspecified atom stereocenters. The fraction of sp³-hybridized carbons (Fsp3) is 0.562. The van der Waals surface area contributed by atoms with E-state index in [-0.39, 0.29) is 11.3 Å². The van der Waals surface area contributed by atoms with E-state index in [0.717, 1.165) is 18.4 Å². The Morgan fingerprint density at radius 2 is 1.90 bits per heavy atom. The molecule has 1 saturated carbocycles. The van der Waals surface area contributed by atoms with Gasteiger partial charge in [0, 0.05) is 17.6 Å². The lowest BCUT2D eigenvalue weighted by Crippen LogP contribution is -2.50. The van der Waals surface area contributed by atoms with Crippen LogP contribution in [0.3, 0.4) is 0 Å². The Kier molecular flexibility index (Phi) is 4.40. The number of halogens is 1. The lowest BCUT2D eigenvalue weighted by atomic mass is 9.86. The van der Waals surface area contributed by atoms with Crippen LogP contribution in [0.5, 0.6) is 0 Å². The minimum Gasteiger partial charge on any atom is -0.334 e. The van der Waals surface area contributed by atoms with Gasteiger partial charge in [-0.15, -0.1) is 0 Å². The van der Waals surface area contributed by atoms with Crippen molar-refractivity contribution >= 4 is 17.5 Å². The van der Waals surface area contributed by atoms with Crippen LogP contribution >= 0.6 is 11.6 Å². The van der Waals surface area contributed by atoms with Crippen LogP contribution in [0.25, 0.3) is 0 Å². The molecule has 1 aromatic carbocycles. The lowest BCUT2D eigenvalue weighted by molar-refractivity contribution is -0.136. The van der Waals surface area contributed by atoms with E-state index in [4.69, 9.17) is 17.3 Å². The molecule has 0 spiro atoms. The maximum absolute atomic E-state index is 12.6. The molecule has 0 bridgehead atoms. The zero-order valence-corrected chi connectivity index (χ0v) is 13.2. The largest absolute Gasteiger partial charge is 0.334 e. The number of carbonyl (C=O) groups is 1. The highest BCUT2D eigenvalue weighted by molar-refractivity contribution is 6.30. The summed E-state index contributed by atoms with van der Waals surface area (Å²) < 4.78 is 0. The van der Waals surface area contributed by atoms with Crippen LogP contribution in [0.1, 0.15) is 39.2 Å². The summed E-state index contributed by atoms with van der Waals surface area (Å²) in [4.78, 5) is 14.5. The van der Waals surface area contributed by atoms with Crippen molar-refractivity contribution in [1.29, 1.82) is 0 Å². The van der Waals surface area contributed by atoms with Crippen LogP contribution in [0.15, 0.2) is 24.3 Å². The van der Waals surface area contributed by atoms with Crippen molar-refractivity contribution in [1.82, 2.24) is 4.90 Å². The molecule has 4 heteroatoms. The van der Waals surface area contributed by atoms with Gasteiger partial charge < -0.3 is 10.6 Å². The van der Waals surface area contributed by atoms with Gasteiger partial charge in [-0.25, -0.2) is 0 Å². The Labute approximate surface area is 126 Å². The molecule has 1 aromatic rings. The highest BCUT2D eigenvalue weighted by Crippen LogP contribution is 2.31. The number of nitrogens with two attached hydrogens (primary N) is 1. The maximum Gasteiger partial charge on any atom is 0.240 e. The second-order valence-electron chi connectivity index (χ2n) is 6.67. The third-order valence-electron chi connectivity index (χ3n) is 3.74. The van der Waals surface area contributed by atoms with E-state index >= 15 is 0 Å². The molecule has 3 nitrogen and oxygen atoms in total. The van der Waals surface area contributed by atoms with E-state index in [9.17, 15) is 4.79 Å². The second-order valence-corrected chi connectivity index (χ2v) is 7.10. The minimum absolute atomic E-state index is 0.0509. The molecule has 2 N–H and O–H groups in total. The van der Waals surface area contributed by atoms with E-state index in [1.54, 1.807) is 0 Å². The predicted molar refractivity (Wildman–Crippen MR) is 82.5 cm³/mol. The standard InChI is InChI=1S/C16H23ClN2O/c1-16(2,3)14(18)15(20)19(13-8-9-13)10-11-4-6-12(17)7-5-11/h4-7,13-14H,8-10,18H2,1-3H3/t14-/m0/s1. The van der Waals surface area contributed by atoms with Crippen LogP contribution in [0.2, 0.25) is 5.02 Å². The molecule has 20 heavy (non-hydrogen) atoms. The fourth-order valence-corrected chi connectivity index (χ4v) is 2.23. The molecule has 1 aliphatic carbocycles. The molecule has 0 aliphatic heterocycles. The van der Waals surface area contributed by atoms with Crippen LogP contribution in [-0.2, 0) is 11.3 Å². The Balaban J connectivity index is 2.11. The predicted octanol–water partition coefficient (Wildman–Crippen LogP) is 3.20. The zero-order valence-electron chi connectivity index (χ0n) is 12.4. The molecule has 1 aliphatic rings. The van der Waals surface area contributed by atoms with Crippen LogP contribution in [0, 0.1) is 5.41 Å². The molecular formula is C16H23ClN2O. The Bertz CT molecular complexity index is 474. The molecule has 2 rings (SSSR count). The van der Waals surface area contributed by atoms with Gasteiger partial charge in [0.1, 0.15) is 0 Å². The van der Waals surface area contributed by atoms with E-state index in [0.29, 0.717) is 17.6 Å². The summed E-state index contributed by atoms with van der Waals surface area (Å²) in [6, 6.07) is 7.54. The van der Waals surface area contributed by atoms with Crippen molar-refractivity contribution < 1.29 is 4.79 Å². The molecule has 1 atom stereocenters. The smallest absolute Gasteiger partial charge is 0.240 e. The van der Waals surface area contributed by atoms with Gasteiger partial charge in [0.25, 0.3) is 0 Å². The third kappa shape index (κ3) is 3.74. The van der Waals surface area contributed by atoms with Crippen molar-refractivity contribution in [2.24, 2.45) is 11.1 Å². The van der Waals surface area contributed by atoms with Crippen molar-refractivity contribution in [3.05, 3.63) is 34.9 Å². The highest BCUT2D eigenvalue weighted by Gasteiger charge is 2.38. The molecule has 0 saturated heterocycles. The van der Waals surface area contributed by atoms with Gasteiger partial charge in [0.15, 0.2) is 0 Å². The van der Waals surface area contributed by atoms with Crippen molar-refractivity contribution in [3.8, 4) is 0 Å². The average molecular weight is 295 g/mol. The number of rotatable bonds is 4. The maximum atomic E-state index is 12.6. The monoisotopic (exact) mass is 294 g/mol. The lowest BCUT2D eigenvalue weighted by Gasteiger charge is -2.32. The molecule has 0 aromatic heterocycles. The first-order valence-corrected chi connectivity index (χ1v) is 7.47. The number of amides is 1. The summed E-state index contributed by atoms with van der Waals surface area (Å²) in [6.07, 6.45) is 2.16. The van der Waals surface area contributed by atoms with Gasteiger partial charge in [-0.3, -0.25) is 4.79 Å². The van der Waals surface area contributed by atoms with E-state index in [1.807, 2.05) is 49.9 Å². The quantitative estimate of drug-likeness (QED) is 0.927. The van der Waals surface area contributed by atoms with Gasteiger partial charge in [0.2, 0.25) is 5.91 Å². The number of hydrogen-bond acceptors (Lipinski definition) is 2. The summed E-state index contributed by atoms with van der Waals surface area (Å²) in [5.74, 6) is 0.0509. The Morgan fingerprint density at radius 3 is 2.35 bits per heavy atom. The minimum atomic E-state index is -0.463. The molecule has 1 fully saturated rings. The van der Waals surface area contributed by atoms with Gasteiger partial charge in [0.05, 0.1) is 6.04 Å². The zero-order chi connectivity index (χ0) is 14.9. The first-order valence-electron chi connectivity index (χ1n) is 7.09. The number of carbonyl (C=O) groups excluding carboxylic acids is 1. The molecule has 0 radical (unpaired) electrons. The van der Waals surface area contributed by atoms with Crippen LogP contribution < -0.4 is 5.73 Å². The van der Waals surface area contributed by atoms with E-state index in [2.05, 4.69) is 0 Å². The summed E-state index contributed by atoms with van der Waals surface area (Å²) in [7, 11) is 0. The molecule has 110 valence electrons. The summed E-state index contributed by atoms with van der Waals surface area (Å²) in [6.45, 7) is 6.62. The normalized spacial score (nSPS) is 16.9. The SMILES string of the molecule is CC(C)(C)[C@@H](N)C(=O)N(Cc1ccc(Cl)cc1)C1CC1. The van der Waals surface area contributed by atoms with Gasteiger partial charge in [-0.2, -0.15) is 0 Å². The Morgan fingerprint density at radius 1 is 1.35 bits per heavy atom. The van der Waals surface area contributed by atoms with Gasteiger partial charge >= 0.3 is 0 Å². The highest BCUT2D eigenvalue weighted by atomic mass is 35.5. The summed E-state index contributed by atoms with van der Waals surface area (Å²) in [5, 5.41) is 0.712. The van der Waals surface area contributed by atoms with Gasteiger partial charge in [-0.05, 0) is 36.0 Å².